The molecule has 0 amide bonds. The predicted molar refractivity (Wildman–Crippen MR) is 76.0 cm³/mol. The molecule has 0 aliphatic carbocycles. The molecule has 0 saturated heterocycles. The number of carboxylic acid groups (broad SMARTS) is 2. The van der Waals surface area contributed by atoms with E-state index < -0.39 is 23.0 Å². The number of hydrogen-bond acceptors (Lipinski definition) is 6. The standard InChI is InChI=1S/C7H10ClN3O3.C4H6O4.Na.H/c1-5-9-3-7(11(13)14)10(5)4-6(12)2-8;5-3(6)1-2-4(7)8;;/h3,6,12H,2,4H2,1H3;1-2H2,(H,5,6)(H,7,8);;/q;;+1;-1. The summed E-state index contributed by atoms with van der Waals surface area (Å²) < 4.78 is 1.33. The molecule has 126 valence electrons. The molecule has 12 heteroatoms. The second-order valence-electron chi connectivity index (χ2n) is 4.13. The zero-order valence-electron chi connectivity index (χ0n) is 13.7. The van der Waals surface area contributed by atoms with E-state index in [-0.39, 0.29) is 62.1 Å². The Kier molecular flexibility index (Phi) is 12.8. The molecule has 0 saturated carbocycles. The largest absolute Gasteiger partial charge is 1.00 e. The Hall–Kier alpha value is -1.20. The summed E-state index contributed by atoms with van der Waals surface area (Å²) in [6.45, 7) is 1.72. The first-order chi connectivity index (χ1) is 10.2. The van der Waals surface area contributed by atoms with Crippen LogP contribution < -0.4 is 29.6 Å². The van der Waals surface area contributed by atoms with Crippen LogP contribution in [0, 0.1) is 17.0 Å². The number of aromatic nitrogens is 2. The van der Waals surface area contributed by atoms with Gasteiger partial charge in [-0.25, -0.2) is 9.55 Å². The molecule has 1 aromatic rings. The predicted octanol–water partition coefficient (Wildman–Crippen LogP) is -2.25. The van der Waals surface area contributed by atoms with Crippen LogP contribution in [0.25, 0.3) is 0 Å². The topological polar surface area (TPSA) is 156 Å². The van der Waals surface area contributed by atoms with Gasteiger partial charge in [-0.05, 0) is 4.92 Å². The molecule has 0 aromatic carbocycles. The van der Waals surface area contributed by atoms with E-state index >= 15 is 0 Å². The zero-order chi connectivity index (χ0) is 17.3. The van der Waals surface area contributed by atoms with Gasteiger partial charge in [-0.2, -0.15) is 0 Å². The first-order valence-corrected chi connectivity index (χ1v) is 6.56. The average molecular weight is 362 g/mol. The number of aliphatic carboxylic acids is 2. The number of aryl methyl sites for hydroxylation is 1. The molecule has 1 atom stereocenters. The maximum atomic E-state index is 10.5. The Morgan fingerprint density at radius 1 is 1.43 bits per heavy atom. The van der Waals surface area contributed by atoms with Crippen molar-refractivity contribution >= 4 is 29.4 Å². The molecule has 1 unspecified atom stereocenters. The van der Waals surface area contributed by atoms with Crippen molar-refractivity contribution in [3.05, 3.63) is 22.1 Å². The number of rotatable bonds is 7. The van der Waals surface area contributed by atoms with E-state index in [9.17, 15) is 24.8 Å². The number of halogens is 1. The van der Waals surface area contributed by atoms with Crippen molar-refractivity contribution in [2.45, 2.75) is 32.4 Å². The second-order valence-corrected chi connectivity index (χ2v) is 4.44. The van der Waals surface area contributed by atoms with Gasteiger partial charge in [0.05, 0.1) is 18.7 Å². The van der Waals surface area contributed by atoms with Crippen LogP contribution in [0.5, 0.6) is 0 Å². The summed E-state index contributed by atoms with van der Waals surface area (Å²) in [6, 6.07) is 0. The van der Waals surface area contributed by atoms with Crippen molar-refractivity contribution in [2.24, 2.45) is 0 Å². The Morgan fingerprint density at radius 3 is 2.26 bits per heavy atom. The average Bonchev–Trinajstić information content (AvgIpc) is 2.78. The third-order valence-electron chi connectivity index (χ3n) is 2.35. The molecule has 1 heterocycles. The maximum absolute atomic E-state index is 10.5. The molecule has 0 aliphatic heterocycles. The minimum absolute atomic E-state index is 0. The van der Waals surface area contributed by atoms with E-state index in [1.54, 1.807) is 6.92 Å². The minimum Gasteiger partial charge on any atom is -1.00 e. The van der Waals surface area contributed by atoms with Crippen molar-refractivity contribution < 1.29 is 60.8 Å². The number of hydrogen-bond donors (Lipinski definition) is 3. The van der Waals surface area contributed by atoms with Crippen molar-refractivity contribution in [1.29, 1.82) is 0 Å². The number of carbonyl (C=O) groups is 2. The number of aliphatic hydroxyl groups excluding tert-OH is 1. The molecular weight excluding hydrogens is 345 g/mol. The van der Waals surface area contributed by atoms with Gasteiger partial charge in [-0.3, -0.25) is 9.59 Å². The molecule has 3 N–H and O–H groups in total. The van der Waals surface area contributed by atoms with Crippen molar-refractivity contribution in [3.63, 3.8) is 0 Å². The summed E-state index contributed by atoms with van der Waals surface area (Å²) in [5, 5.41) is 35.6. The molecule has 1 rings (SSSR count). The Bertz CT molecular complexity index is 530. The van der Waals surface area contributed by atoms with Gasteiger partial charge >= 0.3 is 47.3 Å². The van der Waals surface area contributed by atoms with Crippen LogP contribution in [0.15, 0.2) is 6.20 Å². The summed E-state index contributed by atoms with van der Waals surface area (Å²) in [5.74, 6) is -1.76. The van der Waals surface area contributed by atoms with Crippen LogP contribution in [-0.2, 0) is 16.1 Å². The number of alkyl halides is 1. The van der Waals surface area contributed by atoms with Crippen molar-refractivity contribution in [3.8, 4) is 0 Å². The van der Waals surface area contributed by atoms with Gasteiger partial charge in [-0.1, -0.05) is 0 Å². The monoisotopic (exact) mass is 361 g/mol. The van der Waals surface area contributed by atoms with E-state index in [0.29, 0.717) is 5.82 Å². The Labute approximate surface area is 160 Å². The first kappa shape index (κ1) is 24.1. The van der Waals surface area contributed by atoms with Crippen LogP contribution in [0.3, 0.4) is 0 Å². The van der Waals surface area contributed by atoms with E-state index in [2.05, 4.69) is 4.98 Å². The summed E-state index contributed by atoms with van der Waals surface area (Å²) >= 11 is 5.40. The normalized spacial score (nSPS) is 10.7. The number of nitrogens with zero attached hydrogens (tertiary/aromatic N) is 3. The smallest absolute Gasteiger partial charge is 1.00 e. The van der Waals surface area contributed by atoms with Gasteiger partial charge in [0.15, 0.2) is 5.82 Å². The van der Waals surface area contributed by atoms with Crippen LogP contribution in [-0.4, -0.2) is 53.7 Å². The van der Waals surface area contributed by atoms with Gasteiger partial charge in [-0.15, -0.1) is 11.6 Å². The molecule has 1 aromatic heterocycles. The fraction of sp³-hybridized carbons (Fsp3) is 0.545. The SMILES string of the molecule is Cc1ncc([N+](=O)[O-])n1CC(O)CCl.O=C(O)CCC(=O)O.[H-].[Na+]. The van der Waals surface area contributed by atoms with Crippen LogP contribution in [0.1, 0.15) is 20.1 Å². The maximum Gasteiger partial charge on any atom is 1.00 e. The fourth-order valence-corrected chi connectivity index (χ4v) is 1.40. The van der Waals surface area contributed by atoms with Crippen LogP contribution in [0.2, 0.25) is 0 Å². The van der Waals surface area contributed by atoms with Crippen molar-refractivity contribution in [2.75, 3.05) is 5.88 Å². The van der Waals surface area contributed by atoms with Crippen molar-refractivity contribution in [1.82, 2.24) is 9.55 Å². The molecule has 10 nitrogen and oxygen atoms in total. The molecule has 0 aliphatic rings. The van der Waals surface area contributed by atoms with E-state index in [0.717, 1.165) is 6.20 Å². The quantitative estimate of drug-likeness (QED) is 0.213. The second kappa shape index (κ2) is 12.3. The zero-order valence-corrected chi connectivity index (χ0v) is 15.4. The van der Waals surface area contributed by atoms with Gasteiger partial charge in [0.2, 0.25) is 0 Å². The van der Waals surface area contributed by atoms with Gasteiger partial charge < -0.3 is 26.9 Å². The molecule has 0 radical (unpaired) electrons. The van der Waals surface area contributed by atoms with Crippen LogP contribution >= 0.6 is 11.6 Å². The third kappa shape index (κ3) is 10.2. The molecule has 0 bridgehead atoms. The first-order valence-electron chi connectivity index (χ1n) is 6.03. The molecule has 23 heavy (non-hydrogen) atoms. The number of carboxylic acids is 2. The van der Waals surface area contributed by atoms with Gasteiger partial charge in [0, 0.05) is 6.92 Å². The summed E-state index contributed by atoms with van der Waals surface area (Å²) in [4.78, 5) is 33.1. The fourth-order valence-electron chi connectivity index (χ4n) is 1.30. The van der Waals surface area contributed by atoms with Gasteiger partial charge in [0.25, 0.3) is 0 Å². The Morgan fingerprint density at radius 2 is 1.91 bits per heavy atom. The van der Waals surface area contributed by atoms with E-state index in [1.807, 2.05) is 0 Å². The molecule has 0 spiro atoms. The number of nitro groups is 1. The van der Waals surface area contributed by atoms with E-state index in [1.165, 1.54) is 4.57 Å². The minimum atomic E-state index is -1.08. The van der Waals surface area contributed by atoms with Gasteiger partial charge in [0.1, 0.15) is 18.8 Å². The molecule has 0 fully saturated rings. The number of imidazole rings is 1. The third-order valence-corrected chi connectivity index (χ3v) is 2.70. The van der Waals surface area contributed by atoms with Crippen LogP contribution in [0.4, 0.5) is 5.82 Å². The molecular formula is C11H17ClN3NaO7. The summed E-state index contributed by atoms with van der Waals surface area (Å²) in [5.41, 5.74) is 0. The summed E-state index contributed by atoms with van der Waals surface area (Å²) in [6.07, 6.45) is -0.232. The van der Waals surface area contributed by atoms with E-state index in [4.69, 9.17) is 21.8 Å². The Balaban J connectivity index is -0.000000386. The summed E-state index contributed by atoms with van der Waals surface area (Å²) in [7, 11) is 0. The number of aliphatic hydroxyl groups is 1.